The number of nitrogens with zero attached hydrogens (tertiary/aromatic N) is 3. The molecule has 138 valence electrons. The number of hydrogen-bond donors (Lipinski definition) is 2. The van der Waals surface area contributed by atoms with Crippen LogP contribution < -0.4 is 10.6 Å². The summed E-state index contributed by atoms with van der Waals surface area (Å²) in [6.45, 7) is 3.55. The van der Waals surface area contributed by atoms with Crippen molar-refractivity contribution in [1.82, 2.24) is 20.4 Å². The topological polar surface area (TPSA) is 60.0 Å². The highest BCUT2D eigenvalue weighted by atomic mass is 16.2. The van der Waals surface area contributed by atoms with Crippen LogP contribution in [0.2, 0.25) is 0 Å². The molecule has 1 atom stereocenters. The molecular weight excluding hydrogens is 314 g/mol. The van der Waals surface area contributed by atoms with Gasteiger partial charge in [-0.2, -0.15) is 0 Å². The van der Waals surface area contributed by atoms with Crippen LogP contribution in [-0.2, 0) is 11.3 Å². The van der Waals surface area contributed by atoms with Gasteiger partial charge in [-0.3, -0.25) is 14.7 Å². The van der Waals surface area contributed by atoms with Crippen LogP contribution in [0.15, 0.2) is 35.3 Å². The van der Waals surface area contributed by atoms with Gasteiger partial charge in [-0.15, -0.1) is 0 Å². The van der Waals surface area contributed by atoms with Gasteiger partial charge in [-0.1, -0.05) is 30.3 Å². The Kier molecular flexibility index (Phi) is 7.73. The summed E-state index contributed by atoms with van der Waals surface area (Å²) in [6, 6.07) is 10.3. The van der Waals surface area contributed by atoms with Gasteiger partial charge in [-0.05, 0) is 31.4 Å². The average Bonchev–Trinajstić information content (AvgIpc) is 3.09. The Bertz CT molecular complexity index is 558. The average molecular weight is 345 g/mol. The molecule has 6 nitrogen and oxygen atoms in total. The van der Waals surface area contributed by atoms with Gasteiger partial charge in [0.2, 0.25) is 5.91 Å². The molecule has 1 heterocycles. The monoisotopic (exact) mass is 345 g/mol. The Balaban J connectivity index is 1.68. The summed E-state index contributed by atoms with van der Waals surface area (Å²) >= 11 is 0. The summed E-state index contributed by atoms with van der Waals surface area (Å²) in [5.74, 6) is 1.04. The largest absolute Gasteiger partial charge is 0.356 e. The van der Waals surface area contributed by atoms with E-state index >= 15 is 0 Å². The third-order valence-corrected chi connectivity index (χ3v) is 4.53. The molecule has 1 saturated heterocycles. The quantitative estimate of drug-likeness (QED) is 0.444. The van der Waals surface area contributed by atoms with E-state index < -0.39 is 0 Å². The summed E-state index contributed by atoms with van der Waals surface area (Å²) in [5, 5.41) is 6.67. The number of amides is 1. The van der Waals surface area contributed by atoms with Crippen molar-refractivity contribution in [2.45, 2.75) is 31.8 Å². The second-order valence-electron chi connectivity index (χ2n) is 6.62. The van der Waals surface area contributed by atoms with E-state index in [9.17, 15) is 4.79 Å². The molecule has 0 bridgehead atoms. The minimum absolute atomic E-state index is 0.0607. The fourth-order valence-corrected chi connectivity index (χ4v) is 3.16. The molecule has 0 spiro atoms. The first-order valence-electron chi connectivity index (χ1n) is 9.05. The maximum Gasteiger partial charge on any atom is 0.239 e. The summed E-state index contributed by atoms with van der Waals surface area (Å²) in [7, 11) is 5.46. The number of hydrogen-bond acceptors (Lipinski definition) is 3. The maximum absolute atomic E-state index is 12.2. The number of carbonyl (C=O) groups excluding carboxylic acids is 1. The zero-order valence-corrected chi connectivity index (χ0v) is 15.7. The van der Waals surface area contributed by atoms with Gasteiger partial charge in [0.25, 0.3) is 0 Å². The van der Waals surface area contributed by atoms with Gasteiger partial charge in [0.05, 0.1) is 6.04 Å². The van der Waals surface area contributed by atoms with Crippen molar-refractivity contribution in [3.8, 4) is 0 Å². The van der Waals surface area contributed by atoms with Crippen LogP contribution in [0.4, 0.5) is 0 Å². The molecule has 1 aliphatic heterocycles. The fraction of sp³-hybridized carbons (Fsp3) is 0.579. The van der Waals surface area contributed by atoms with Crippen molar-refractivity contribution >= 4 is 11.9 Å². The number of aliphatic imine (C=N–C) groups is 1. The lowest BCUT2D eigenvalue weighted by Gasteiger charge is -2.26. The van der Waals surface area contributed by atoms with E-state index in [1.807, 2.05) is 32.3 Å². The molecular formula is C19H31N5O. The smallest absolute Gasteiger partial charge is 0.239 e. The molecule has 2 N–H and O–H groups in total. The summed E-state index contributed by atoms with van der Waals surface area (Å²) in [6.07, 6.45) is 3.08. The van der Waals surface area contributed by atoms with Crippen molar-refractivity contribution < 1.29 is 4.79 Å². The van der Waals surface area contributed by atoms with E-state index in [-0.39, 0.29) is 11.9 Å². The van der Waals surface area contributed by atoms with E-state index in [4.69, 9.17) is 0 Å². The molecule has 1 aromatic rings. The number of likely N-dealkylation sites (tertiary alicyclic amines) is 1. The molecule has 0 saturated carbocycles. The number of carbonyl (C=O) groups is 1. The molecule has 0 aliphatic carbocycles. The second kappa shape index (κ2) is 10.0. The highest BCUT2D eigenvalue weighted by molar-refractivity contribution is 5.81. The zero-order chi connectivity index (χ0) is 18.1. The first-order chi connectivity index (χ1) is 12.1. The highest BCUT2D eigenvalue weighted by Crippen LogP contribution is 2.18. The van der Waals surface area contributed by atoms with Crippen LogP contribution in [0.3, 0.4) is 0 Å². The molecule has 1 fully saturated rings. The van der Waals surface area contributed by atoms with Crippen LogP contribution in [0.25, 0.3) is 0 Å². The number of nitrogens with one attached hydrogen (secondary N) is 2. The Morgan fingerprint density at radius 3 is 2.72 bits per heavy atom. The van der Waals surface area contributed by atoms with Crippen molar-refractivity contribution in [3.63, 3.8) is 0 Å². The Morgan fingerprint density at radius 2 is 2.04 bits per heavy atom. The predicted octanol–water partition coefficient (Wildman–Crippen LogP) is 1.29. The second-order valence-corrected chi connectivity index (χ2v) is 6.62. The van der Waals surface area contributed by atoms with Gasteiger partial charge in [0.1, 0.15) is 0 Å². The molecule has 25 heavy (non-hydrogen) atoms. The lowest BCUT2D eigenvalue weighted by Crippen LogP contribution is -2.44. The third-order valence-electron chi connectivity index (χ3n) is 4.53. The van der Waals surface area contributed by atoms with E-state index in [0.29, 0.717) is 0 Å². The summed E-state index contributed by atoms with van der Waals surface area (Å²) in [5.41, 5.74) is 1.23. The van der Waals surface area contributed by atoms with E-state index in [2.05, 4.69) is 32.7 Å². The van der Waals surface area contributed by atoms with Crippen LogP contribution in [0, 0.1) is 0 Å². The van der Waals surface area contributed by atoms with Crippen molar-refractivity contribution in [1.29, 1.82) is 0 Å². The van der Waals surface area contributed by atoms with E-state index in [1.165, 1.54) is 5.56 Å². The Hall–Kier alpha value is -2.08. The molecule has 1 aliphatic rings. The molecule has 1 unspecified atom stereocenters. The number of guanidine groups is 1. The third kappa shape index (κ3) is 6.05. The predicted molar refractivity (Wildman–Crippen MR) is 103 cm³/mol. The van der Waals surface area contributed by atoms with Gasteiger partial charge in [-0.25, -0.2) is 0 Å². The van der Waals surface area contributed by atoms with Gasteiger partial charge < -0.3 is 15.5 Å². The van der Waals surface area contributed by atoms with Crippen molar-refractivity contribution in [2.75, 3.05) is 40.8 Å². The van der Waals surface area contributed by atoms with Crippen LogP contribution in [0.5, 0.6) is 0 Å². The SMILES string of the molecule is CN=C(NCCCN1CCCC1C(=O)N(C)C)NCc1ccccc1. The van der Waals surface area contributed by atoms with Crippen LogP contribution in [0.1, 0.15) is 24.8 Å². The molecule has 1 amide bonds. The fourth-order valence-electron chi connectivity index (χ4n) is 3.16. The maximum atomic E-state index is 12.2. The highest BCUT2D eigenvalue weighted by Gasteiger charge is 2.30. The number of rotatable bonds is 7. The van der Waals surface area contributed by atoms with Gasteiger partial charge in [0, 0.05) is 40.8 Å². The molecule has 2 rings (SSSR count). The molecule has 0 radical (unpaired) electrons. The Morgan fingerprint density at radius 1 is 1.28 bits per heavy atom. The van der Waals surface area contributed by atoms with Crippen molar-refractivity contribution in [2.24, 2.45) is 4.99 Å². The minimum atomic E-state index is 0.0607. The zero-order valence-electron chi connectivity index (χ0n) is 15.7. The van der Waals surface area contributed by atoms with Crippen molar-refractivity contribution in [3.05, 3.63) is 35.9 Å². The lowest BCUT2D eigenvalue weighted by atomic mass is 10.2. The summed E-state index contributed by atoms with van der Waals surface area (Å²) < 4.78 is 0. The number of benzene rings is 1. The van der Waals surface area contributed by atoms with Crippen LogP contribution >= 0.6 is 0 Å². The standard InChI is InChI=1S/C19H31N5O/c1-20-19(22-15-16-9-5-4-6-10-16)21-12-8-14-24-13-7-11-17(24)18(25)23(2)3/h4-6,9-10,17H,7-8,11-15H2,1-3H3,(H2,20,21,22). The van der Waals surface area contributed by atoms with Gasteiger partial charge in [0.15, 0.2) is 5.96 Å². The van der Waals surface area contributed by atoms with Gasteiger partial charge >= 0.3 is 0 Å². The number of likely N-dealkylation sites (N-methyl/N-ethyl adjacent to an activating group) is 1. The van der Waals surface area contributed by atoms with E-state index in [1.54, 1.807) is 11.9 Å². The van der Waals surface area contributed by atoms with Crippen LogP contribution in [-0.4, -0.2) is 68.5 Å². The molecule has 1 aromatic carbocycles. The van der Waals surface area contributed by atoms with E-state index in [0.717, 1.165) is 51.4 Å². The normalized spacial score (nSPS) is 18.2. The Labute approximate surface area is 151 Å². The summed E-state index contributed by atoms with van der Waals surface area (Å²) in [4.78, 5) is 20.5. The molecule has 6 heteroatoms. The first kappa shape index (κ1) is 19.2. The minimum Gasteiger partial charge on any atom is -0.356 e. The molecule has 0 aromatic heterocycles. The lowest BCUT2D eigenvalue weighted by molar-refractivity contribution is -0.133. The first-order valence-corrected chi connectivity index (χ1v) is 9.05.